The molecule has 3 rings (SSSR count). The van der Waals surface area contributed by atoms with Gasteiger partial charge in [0.15, 0.2) is 0 Å². The quantitative estimate of drug-likeness (QED) is 0.259. The molecule has 7 heteroatoms. The molecule has 3 aromatic rings. The Labute approximate surface area is 173 Å². The lowest BCUT2D eigenvalue weighted by molar-refractivity contribution is 0.0526. The number of carbonyl (C=O) groups excluding carboxylic acids is 1. The van der Waals surface area contributed by atoms with Crippen LogP contribution < -0.4 is 4.74 Å². The molecule has 0 unspecified atom stereocenters. The Balaban J connectivity index is 1.70. The topological polar surface area (TPSA) is 81.0 Å². The summed E-state index contributed by atoms with van der Waals surface area (Å²) in [7, 11) is 0. The van der Waals surface area contributed by atoms with Crippen LogP contribution in [0.3, 0.4) is 0 Å². The zero-order valence-corrected chi connectivity index (χ0v) is 16.4. The lowest BCUT2D eigenvalue weighted by atomic mass is 10.0. The second-order valence-corrected chi connectivity index (χ2v) is 6.44. The van der Waals surface area contributed by atoms with E-state index in [1.165, 1.54) is 24.4 Å². The molecule has 1 N–H and O–H groups in total. The molecule has 0 amide bonds. The summed E-state index contributed by atoms with van der Waals surface area (Å²) in [4.78, 5) is 16.1. The largest absolute Gasteiger partial charge is 0.489 e. The van der Waals surface area contributed by atoms with Gasteiger partial charge in [0.1, 0.15) is 23.9 Å². The number of pyridine rings is 1. The third-order valence-corrected chi connectivity index (χ3v) is 4.28. The molecule has 1 aromatic heterocycles. The molecule has 2 aromatic carbocycles. The highest BCUT2D eigenvalue weighted by molar-refractivity contribution is 6.01. The fourth-order valence-corrected chi connectivity index (χ4v) is 2.79. The van der Waals surface area contributed by atoms with E-state index in [1.807, 2.05) is 24.3 Å². The van der Waals surface area contributed by atoms with Gasteiger partial charge < -0.3 is 14.7 Å². The van der Waals surface area contributed by atoms with Crippen LogP contribution in [-0.2, 0) is 17.8 Å². The standard InChI is InChI=1S/C23H21FN2O4/c1-2-29-23(27)18-10-11-25-21(14-18)22(26-28)13-17-4-3-5-20(12-17)30-15-16-6-8-19(24)9-7-16/h3-12,14,28H,2,13,15H2,1H3/b26-22+. The van der Waals surface area contributed by atoms with E-state index < -0.39 is 5.97 Å². The fourth-order valence-electron chi connectivity index (χ4n) is 2.79. The van der Waals surface area contributed by atoms with Crippen molar-refractivity contribution in [2.24, 2.45) is 5.16 Å². The van der Waals surface area contributed by atoms with Gasteiger partial charge in [0, 0.05) is 12.6 Å². The van der Waals surface area contributed by atoms with Crippen molar-refractivity contribution < 1.29 is 23.9 Å². The first-order valence-corrected chi connectivity index (χ1v) is 9.39. The molecular formula is C23H21FN2O4. The van der Waals surface area contributed by atoms with E-state index >= 15 is 0 Å². The first-order chi connectivity index (χ1) is 14.6. The molecule has 30 heavy (non-hydrogen) atoms. The number of carbonyl (C=O) groups is 1. The molecule has 0 aliphatic heterocycles. The molecule has 0 bridgehead atoms. The summed E-state index contributed by atoms with van der Waals surface area (Å²) in [5.74, 6) is -0.130. The van der Waals surface area contributed by atoms with Gasteiger partial charge in [0.25, 0.3) is 0 Å². The van der Waals surface area contributed by atoms with Crippen LogP contribution in [0, 0.1) is 5.82 Å². The average Bonchev–Trinajstić information content (AvgIpc) is 2.77. The number of hydrogen-bond donors (Lipinski definition) is 1. The molecule has 0 atom stereocenters. The van der Waals surface area contributed by atoms with Gasteiger partial charge in [-0.3, -0.25) is 4.98 Å². The second kappa shape index (κ2) is 10.2. The Morgan fingerprint density at radius 2 is 1.90 bits per heavy atom. The van der Waals surface area contributed by atoms with Crippen LogP contribution in [-0.4, -0.2) is 28.5 Å². The van der Waals surface area contributed by atoms with Crippen molar-refractivity contribution in [2.75, 3.05) is 6.61 Å². The molecular weight excluding hydrogens is 387 g/mol. The highest BCUT2D eigenvalue weighted by Crippen LogP contribution is 2.18. The van der Waals surface area contributed by atoms with E-state index in [1.54, 1.807) is 25.1 Å². The van der Waals surface area contributed by atoms with E-state index in [4.69, 9.17) is 9.47 Å². The number of halogens is 1. The van der Waals surface area contributed by atoms with Crippen molar-refractivity contribution in [3.05, 3.63) is 95.1 Å². The normalized spacial score (nSPS) is 11.2. The lowest BCUT2D eigenvalue weighted by Crippen LogP contribution is -2.11. The number of ether oxygens (including phenoxy) is 2. The van der Waals surface area contributed by atoms with E-state index in [0.717, 1.165) is 11.1 Å². The summed E-state index contributed by atoms with van der Waals surface area (Å²) < 4.78 is 23.8. The fraction of sp³-hybridized carbons (Fsp3) is 0.174. The van der Waals surface area contributed by atoms with E-state index in [-0.39, 0.29) is 18.8 Å². The summed E-state index contributed by atoms with van der Waals surface area (Å²) in [6.07, 6.45) is 1.75. The Bertz CT molecular complexity index is 1040. The zero-order valence-electron chi connectivity index (χ0n) is 16.4. The lowest BCUT2D eigenvalue weighted by Gasteiger charge is -2.10. The molecule has 154 valence electrons. The van der Waals surface area contributed by atoms with Gasteiger partial charge in [0.05, 0.1) is 17.9 Å². The SMILES string of the molecule is CCOC(=O)c1ccnc(/C(Cc2cccc(OCc3ccc(F)cc3)c2)=N/O)c1. The van der Waals surface area contributed by atoms with Crippen LogP contribution >= 0.6 is 0 Å². The maximum Gasteiger partial charge on any atom is 0.338 e. The van der Waals surface area contributed by atoms with Gasteiger partial charge in [-0.15, -0.1) is 0 Å². The molecule has 0 saturated carbocycles. The Morgan fingerprint density at radius 1 is 1.10 bits per heavy atom. The van der Waals surface area contributed by atoms with Crippen molar-refractivity contribution in [3.8, 4) is 5.75 Å². The van der Waals surface area contributed by atoms with E-state index in [0.29, 0.717) is 29.3 Å². The highest BCUT2D eigenvalue weighted by atomic mass is 19.1. The minimum Gasteiger partial charge on any atom is -0.489 e. The molecule has 0 aliphatic carbocycles. The number of rotatable bonds is 8. The van der Waals surface area contributed by atoms with Gasteiger partial charge in [-0.05, 0) is 54.4 Å². The molecule has 6 nitrogen and oxygen atoms in total. The first kappa shape index (κ1) is 21.0. The van der Waals surface area contributed by atoms with Crippen LogP contribution in [0.2, 0.25) is 0 Å². The third kappa shape index (κ3) is 5.64. The maximum atomic E-state index is 13.0. The van der Waals surface area contributed by atoms with Gasteiger partial charge in [-0.2, -0.15) is 0 Å². The van der Waals surface area contributed by atoms with Crippen molar-refractivity contribution in [1.29, 1.82) is 0 Å². The van der Waals surface area contributed by atoms with Crippen LogP contribution in [0.25, 0.3) is 0 Å². The van der Waals surface area contributed by atoms with Gasteiger partial charge in [0.2, 0.25) is 0 Å². The Morgan fingerprint density at radius 3 is 2.63 bits per heavy atom. The predicted molar refractivity (Wildman–Crippen MR) is 109 cm³/mol. The molecule has 0 saturated heterocycles. The first-order valence-electron chi connectivity index (χ1n) is 9.39. The van der Waals surface area contributed by atoms with E-state index in [2.05, 4.69) is 10.1 Å². The van der Waals surface area contributed by atoms with Gasteiger partial charge in [-0.25, -0.2) is 9.18 Å². The number of aromatic nitrogens is 1. The van der Waals surface area contributed by atoms with Crippen LogP contribution in [0.4, 0.5) is 4.39 Å². The number of hydrogen-bond acceptors (Lipinski definition) is 6. The van der Waals surface area contributed by atoms with Crippen LogP contribution in [0.5, 0.6) is 5.75 Å². The molecule has 0 spiro atoms. The summed E-state index contributed by atoms with van der Waals surface area (Å²) >= 11 is 0. The summed E-state index contributed by atoms with van der Waals surface area (Å²) in [5.41, 5.74) is 2.69. The number of nitrogens with zero attached hydrogens (tertiary/aromatic N) is 2. The van der Waals surface area contributed by atoms with Gasteiger partial charge >= 0.3 is 5.97 Å². The van der Waals surface area contributed by atoms with Crippen molar-refractivity contribution in [2.45, 2.75) is 20.0 Å². The van der Waals surface area contributed by atoms with Gasteiger partial charge in [-0.1, -0.05) is 29.4 Å². The minimum absolute atomic E-state index is 0.266. The van der Waals surface area contributed by atoms with Crippen molar-refractivity contribution >= 4 is 11.7 Å². The van der Waals surface area contributed by atoms with E-state index in [9.17, 15) is 14.4 Å². The number of benzene rings is 2. The molecule has 0 aliphatic rings. The number of oxime groups is 1. The number of esters is 1. The van der Waals surface area contributed by atoms with Crippen molar-refractivity contribution in [1.82, 2.24) is 4.98 Å². The molecule has 0 radical (unpaired) electrons. The smallest absolute Gasteiger partial charge is 0.338 e. The monoisotopic (exact) mass is 408 g/mol. The Hall–Kier alpha value is -3.74. The van der Waals surface area contributed by atoms with Crippen LogP contribution in [0.1, 0.15) is 34.1 Å². The Kier molecular flexibility index (Phi) is 7.10. The average molecular weight is 408 g/mol. The molecule has 0 fully saturated rings. The molecule has 1 heterocycles. The summed E-state index contributed by atoms with van der Waals surface area (Å²) in [6.45, 7) is 2.29. The minimum atomic E-state index is -0.463. The maximum absolute atomic E-state index is 13.0. The van der Waals surface area contributed by atoms with Crippen molar-refractivity contribution in [3.63, 3.8) is 0 Å². The third-order valence-electron chi connectivity index (χ3n) is 4.28. The zero-order chi connectivity index (χ0) is 21.3. The second-order valence-electron chi connectivity index (χ2n) is 6.44. The highest BCUT2D eigenvalue weighted by Gasteiger charge is 2.13. The van der Waals surface area contributed by atoms with Crippen LogP contribution in [0.15, 0.2) is 72.0 Å². The summed E-state index contributed by atoms with van der Waals surface area (Å²) in [5, 5.41) is 12.8. The predicted octanol–water partition coefficient (Wildman–Crippen LogP) is 4.40. The summed E-state index contributed by atoms with van der Waals surface area (Å²) in [6, 6.07) is 16.5.